The topological polar surface area (TPSA) is 88.5 Å². The second kappa shape index (κ2) is 11.2. The molecule has 1 aliphatic rings. The van der Waals surface area contributed by atoms with Crippen LogP contribution < -0.4 is 14.8 Å². The predicted molar refractivity (Wildman–Crippen MR) is 155 cm³/mol. The summed E-state index contributed by atoms with van der Waals surface area (Å²) < 4.78 is 14.0. The third kappa shape index (κ3) is 5.41. The molecule has 2 aromatic heterocycles. The molecular formula is C32H39N3O4. The minimum absolute atomic E-state index is 0.0118. The van der Waals surface area contributed by atoms with Crippen LogP contribution in [0.1, 0.15) is 54.9 Å². The highest BCUT2D eigenvalue weighted by Gasteiger charge is 2.28. The van der Waals surface area contributed by atoms with Gasteiger partial charge in [0.05, 0.1) is 31.4 Å². The molecule has 7 nitrogen and oxygen atoms in total. The molecule has 3 heterocycles. The van der Waals surface area contributed by atoms with Gasteiger partial charge in [0.25, 0.3) is 5.91 Å². The summed E-state index contributed by atoms with van der Waals surface area (Å²) in [5, 5.41) is 14.4. The molecule has 3 N–H and O–H groups in total. The van der Waals surface area contributed by atoms with Crippen molar-refractivity contribution in [2.24, 2.45) is 5.92 Å². The summed E-state index contributed by atoms with van der Waals surface area (Å²) in [6, 6.07) is 13.8. The maximum Gasteiger partial charge on any atom is 0.253 e. The number of nitrogens with zero attached hydrogens (tertiary/aromatic N) is 1. The molecule has 7 heteroatoms. The van der Waals surface area contributed by atoms with E-state index in [2.05, 4.69) is 40.8 Å². The zero-order valence-electron chi connectivity index (χ0n) is 23.5. The van der Waals surface area contributed by atoms with Gasteiger partial charge in [0.1, 0.15) is 0 Å². The van der Waals surface area contributed by atoms with E-state index in [1.54, 1.807) is 7.11 Å². The molecule has 4 aromatic rings. The van der Waals surface area contributed by atoms with Crippen molar-refractivity contribution in [3.8, 4) is 22.8 Å². The third-order valence-electron chi connectivity index (χ3n) is 7.38. The first-order chi connectivity index (χ1) is 18.8. The van der Waals surface area contributed by atoms with Crippen LogP contribution >= 0.6 is 0 Å². The molecule has 5 rings (SSSR count). The van der Waals surface area contributed by atoms with E-state index in [9.17, 15) is 9.90 Å². The Hall–Kier alpha value is -3.71. The number of benzene rings is 2. The molecular weight excluding hydrogens is 490 g/mol. The number of amides is 1. The van der Waals surface area contributed by atoms with Crippen LogP contribution in [0.3, 0.4) is 0 Å². The minimum atomic E-state index is -0.400. The fourth-order valence-electron chi connectivity index (χ4n) is 5.65. The van der Waals surface area contributed by atoms with Gasteiger partial charge in [-0.15, -0.1) is 0 Å². The van der Waals surface area contributed by atoms with Gasteiger partial charge in [-0.2, -0.15) is 0 Å². The van der Waals surface area contributed by atoms with Crippen LogP contribution in [-0.2, 0) is 25.8 Å². The van der Waals surface area contributed by atoms with Crippen LogP contribution in [0.15, 0.2) is 48.7 Å². The predicted octanol–water partition coefficient (Wildman–Crippen LogP) is 5.52. The highest BCUT2D eigenvalue weighted by molar-refractivity contribution is 5.97. The summed E-state index contributed by atoms with van der Waals surface area (Å²) in [6.07, 6.45) is 4.15. The fourth-order valence-corrected chi connectivity index (χ4v) is 5.65. The number of aliphatic hydroxyl groups excluding tert-OH is 1. The van der Waals surface area contributed by atoms with Crippen LogP contribution in [0.4, 0.5) is 0 Å². The molecule has 0 bridgehead atoms. The fraction of sp³-hybridized carbons (Fsp3) is 0.406. The summed E-state index contributed by atoms with van der Waals surface area (Å²) in [5.74, 6) is 1.66. The van der Waals surface area contributed by atoms with Crippen molar-refractivity contribution in [2.45, 2.75) is 65.6 Å². The third-order valence-corrected chi connectivity index (χ3v) is 7.38. The maximum absolute atomic E-state index is 13.8. The van der Waals surface area contributed by atoms with Gasteiger partial charge in [0, 0.05) is 40.6 Å². The monoisotopic (exact) mass is 529 g/mol. The average Bonchev–Trinajstić information content (AvgIpc) is 3.49. The van der Waals surface area contributed by atoms with E-state index in [4.69, 9.17) is 9.47 Å². The number of carbonyl (C=O) groups excluding carboxylic acids is 1. The number of H-pyrrole nitrogens is 1. The number of carbonyl (C=O) groups is 1. The summed E-state index contributed by atoms with van der Waals surface area (Å²) in [4.78, 5) is 17.0. The van der Waals surface area contributed by atoms with Crippen LogP contribution in [-0.4, -0.2) is 46.4 Å². The molecule has 0 fully saturated rings. The molecule has 0 saturated heterocycles. The smallest absolute Gasteiger partial charge is 0.253 e. The number of methoxy groups -OCH3 is 1. The van der Waals surface area contributed by atoms with Crippen molar-refractivity contribution in [1.29, 1.82) is 0 Å². The molecule has 0 spiro atoms. The van der Waals surface area contributed by atoms with Gasteiger partial charge in [0.15, 0.2) is 11.5 Å². The molecule has 0 unspecified atom stereocenters. The number of hydrogen-bond donors (Lipinski definition) is 3. The van der Waals surface area contributed by atoms with Gasteiger partial charge in [-0.3, -0.25) is 4.79 Å². The lowest BCUT2D eigenvalue weighted by atomic mass is 9.97. The number of aromatic nitrogens is 2. The van der Waals surface area contributed by atoms with Gasteiger partial charge >= 0.3 is 0 Å². The largest absolute Gasteiger partial charge is 0.493 e. The van der Waals surface area contributed by atoms with Crippen molar-refractivity contribution < 1.29 is 19.4 Å². The first-order valence-electron chi connectivity index (χ1n) is 13.9. The highest BCUT2D eigenvalue weighted by Crippen LogP contribution is 2.41. The van der Waals surface area contributed by atoms with Crippen LogP contribution in [0, 0.1) is 5.92 Å². The first kappa shape index (κ1) is 26.9. The Morgan fingerprint density at radius 2 is 1.90 bits per heavy atom. The van der Waals surface area contributed by atoms with Gasteiger partial charge in [-0.1, -0.05) is 32.0 Å². The van der Waals surface area contributed by atoms with Gasteiger partial charge < -0.3 is 29.4 Å². The number of para-hydroxylation sites is 1. The lowest BCUT2D eigenvalue weighted by Crippen LogP contribution is -2.39. The summed E-state index contributed by atoms with van der Waals surface area (Å²) in [5.41, 5.74) is 7.10. The zero-order chi connectivity index (χ0) is 27.7. The molecule has 0 saturated carbocycles. The van der Waals surface area contributed by atoms with Crippen molar-refractivity contribution in [2.75, 3.05) is 13.7 Å². The number of aromatic amines is 1. The maximum atomic E-state index is 13.8. The number of nitrogens with one attached hydrogen (secondary N) is 2. The Labute approximate surface area is 230 Å². The van der Waals surface area contributed by atoms with E-state index >= 15 is 0 Å². The van der Waals surface area contributed by atoms with Gasteiger partial charge in [-0.25, -0.2) is 0 Å². The van der Waals surface area contributed by atoms with E-state index in [1.807, 2.05) is 50.4 Å². The Kier molecular flexibility index (Phi) is 7.71. The zero-order valence-corrected chi connectivity index (χ0v) is 23.5. The van der Waals surface area contributed by atoms with Crippen LogP contribution in [0.25, 0.3) is 22.2 Å². The standard InChI is InChI=1S/C32H39N3O4/c1-19(2)12-28-26(32(37)34-23(18-36)13-22-17-33-27-9-7-6-8-24(22)27)15-29-25-16-31(39-20(3)4)30(38-5)14-21(25)10-11-35(28)29/h6-9,14-17,19-20,23,33,36H,10-13,18H2,1-5H3,(H,34,37)/t23-/m1/s1. The Morgan fingerprint density at radius 3 is 2.62 bits per heavy atom. The number of ether oxygens (including phenoxy) is 2. The molecule has 39 heavy (non-hydrogen) atoms. The SMILES string of the molecule is COc1cc2c(cc1OC(C)C)-c1cc(C(=O)N[C@@H](CO)Cc3c[nH]c4ccccc34)c(CC(C)C)n1CC2. The summed E-state index contributed by atoms with van der Waals surface area (Å²) >= 11 is 0. The van der Waals surface area contributed by atoms with Crippen molar-refractivity contribution in [3.05, 3.63) is 71.0 Å². The molecule has 1 aliphatic heterocycles. The number of rotatable bonds is 10. The van der Waals surface area contributed by atoms with Crippen LogP contribution in [0.5, 0.6) is 11.5 Å². The summed E-state index contributed by atoms with van der Waals surface area (Å²) in [7, 11) is 1.66. The molecule has 2 aromatic carbocycles. The number of aryl methyl sites for hydroxylation is 1. The minimum Gasteiger partial charge on any atom is -0.493 e. The van der Waals surface area contributed by atoms with E-state index in [0.29, 0.717) is 23.7 Å². The Morgan fingerprint density at radius 1 is 1.10 bits per heavy atom. The lowest BCUT2D eigenvalue weighted by Gasteiger charge is -2.24. The molecule has 1 amide bonds. The number of aliphatic hydroxyl groups is 1. The molecule has 206 valence electrons. The quantitative estimate of drug-likeness (QED) is 0.252. The van der Waals surface area contributed by atoms with Crippen molar-refractivity contribution >= 4 is 16.8 Å². The van der Waals surface area contributed by atoms with Crippen molar-refractivity contribution in [1.82, 2.24) is 14.9 Å². The number of fused-ring (bicyclic) bond motifs is 4. The average molecular weight is 530 g/mol. The second-order valence-electron chi connectivity index (χ2n) is 11.1. The Bertz CT molecular complexity index is 1480. The second-order valence-corrected chi connectivity index (χ2v) is 11.1. The van der Waals surface area contributed by atoms with Crippen LogP contribution in [0.2, 0.25) is 0 Å². The summed E-state index contributed by atoms with van der Waals surface area (Å²) in [6.45, 7) is 8.99. The highest BCUT2D eigenvalue weighted by atomic mass is 16.5. The first-order valence-corrected chi connectivity index (χ1v) is 13.9. The van der Waals surface area contributed by atoms with Crippen molar-refractivity contribution in [3.63, 3.8) is 0 Å². The van der Waals surface area contributed by atoms with E-state index in [-0.39, 0.29) is 18.6 Å². The molecule has 0 radical (unpaired) electrons. The van der Waals surface area contributed by atoms with E-state index in [0.717, 1.165) is 58.6 Å². The molecule has 0 aliphatic carbocycles. The van der Waals surface area contributed by atoms with E-state index < -0.39 is 6.04 Å². The van der Waals surface area contributed by atoms with Gasteiger partial charge in [0.2, 0.25) is 0 Å². The van der Waals surface area contributed by atoms with Gasteiger partial charge in [-0.05, 0) is 74.4 Å². The molecule has 1 atom stereocenters. The Balaban J connectivity index is 1.48. The van der Waals surface area contributed by atoms with E-state index in [1.165, 1.54) is 5.56 Å². The normalized spacial score (nSPS) is 13.4. The number of hydrogen-bond acceptors (Lipinski definition) is 4. The lowest BCUT2D eigenvalue weighted by molar-refractivity contribution is 0.0915.